The minimum atomic E-state index is 0.575. The Morgan fingerprint density at radius 2 is 2.05 bits per heavy atom. The fourth-order valence-corrected chi connectivity index (χ4v) is 2.06. The van der Waals surface area contributed by atoms with E-state index in [1.807, 2.05) is 37.3 Å². The fourth-order valence-electron chi connectivity index (χ4n) is 2.06. The molecule has 0 unspecified atom stereocenters. The van der Waals surface area contributed by atoms with Gasteiger partial charge in [-0.25, -0.2) is 4.98 Å². The lowest BCUT2D eigenvalue weighted by molar-refractivity contribution is 0.184. The van der Waals surface area contributed by atoms with E-state index in [2.05, 4.69) is 23.3 Å². The third-order valence-electron chi connectivity index (χ3n) is 3.17. The molecule has 0 aliphatic heterocycles. The van der Waals surface area contributed by atoms with Crippen molar-refractivity contribution in [1.82, 2.24) is 10.3 Å². The lowest BCUT2D eigenvalue weighted by atomic mass is 10.2. The van der Waals surface area contributed by atoms with Crippen LogP contribution in [0.3, 0.4) is 0 Å². The Kier molecular flexibility index (Phi) is 5.72. The second-order valence-electron chi connectivity index (χ2n) is 4.86. The molecular weight excluding hydrogens is 264 g/mol. The number of aromatic nitrogens is 1. The summed E-state index contributed by atoms with van der Waals surface area (Å²) in [4.78, 5) is 4.50. The molecule has 0 aliphatic carbocycles. The van der Waals surface area contributed by atoms with Crippen LogP contribution in [-0.2, 0) is 17.9 Å². The molecule has 0 fully saturated rings. The van der Waals surface area contributed by atoms with E-state index in [0.29, 0.717) is 12.5 Å². The maximum atomic E-state index is 5.82. The molecule has 0 saturated heterocycles. The van der Waals surface area contributed by atoms with Gasteiger partial charge in [0.1, 0.15) is 5.75 Å². The molecule has 21 heavy (non-hydrogen) atoms. The lowest BCUT2D eigenvalue weighted by Crippen LogP contribution is -2.13. The monoisotopic (exact) mass is 286 g/mol. The van der Waals surface area contributed by atoms with Gasteiger partial charge in [-0.3, -0.25) is 0 Å². The van der Waals surface area contributed by atoms with Crippen molar-refractivity contribution in [2.24, 2.45) is 0 Å². The van der Waals surface area contributed by atoms with Gasteiger partial charge in [-0.15, -0.1) is 0 Å². The zero-order valence-corrected chi connectivity index (χ0v) is 12.8. The second-order valence-corrected chi connectivity index (χ2v) is 4.86. The Hall–Kier alpha value is -1.91. The third-order valence-corrected chi connectivity index (χ3v) is 3.17. The summed E-state index contributed by atoms with van der Waals surface area (Å²) in [7, 11) is 1.68. The molecule has 0 aliphatic rings. The van der Waals surface area contributed by atoms with Crippen LogP contribution >= 0.6 is 0 Å². The van der Waals surface area contributed by atoms with Gasteiger partial charge >= 0.3 is 0 Å². The smallest absolute Gasteiger partial charge is 0.219 e. The number of rotatable bonds is 7. The van der Waals surface area contributed by atoms with Crippen LogP contribution < -0.4 is 10.1 Å². The van der Waals surface area contributed by atoms with Crippen LogP contribution in [0.2, 0.25) is 0 Å². The van der Waals surface area contributed by atoms with Crippen LogP contribution in [0.15, 0.2) is 36.4 Å². The fraction of sp³-hybridized carbons (Fsp3) is 0.353. The highest BCUT2D eigenvalue weighted by Gasteiger charge is 2.04. The first kappa shape index (κ1) is 15.5. The summed E-state index contributed by atoms with van der Waals surface area (Å²) in [5.41, 5.74) is 3.26. The summed E-state index contributed by atoms with van der Waals surface area (Å²) in [6.45, 7) is 6.45. The van der Waals surface area contributed by atoms with Crippen LogP contribution in [0, 0.1) is 6.92 Å². The first-order valence-corrected chi connectivity index (χ1v) is 7.16. The van der Waals surface area contributed by atoms with Crippen LogP contribution in [0.5, 0.6) is 11.6 Å². The molecule has 4 heteroatoms. The summed E-state index contributed by atoms with van der Waals surface area (Å²) in [6, 6.07) is 11.8. The second kappa shape index (κ2) is 7.76. The molecule has 1 heterocycles. The highest BCUT2D eigenvalue weighted by molar-refractivity contribution is 5.33. The van der Waals surface area contributed by atoms with E-state index in [1.54, 1.807) is 7.11 Å². The van der Waals surface area contributed by atoms with Crippen molar-refractivity contribution in [3.63, 3.8) is 0 Å². The number of aryl methyl sites for hydroxylation is 1. The van der Waals surface area contributed by atoms with Gasteiger partial charge in [-0.2, -0.15) is 0 Å². The molecule has 0 saturated carbocycles. The van der Waals surface area contributed by atoms with Crippen molar-refractivity contribution in [2.45, 2.75) is 27.0 Å². The zero-order chi connectivity index (χ0) is 15.1. The SMILES string of the molecule is CCNCc1ccc(Oc2cccc(COC)c2)nc1C. The molecule has 1 aromatic carbocycles. The molecule has 0 atom stereocenters. The molecule has 4 nitrogen and oxygen atoms in total. The van der Waals surface area contributed by atoms with E-state index < -0.39 is 0 Å². The molecule has 2 aromatic rings. The van der Waals surface area contributed by atoms with E-state index in [0.717, 1.165) is 30.1 Å². The highest BCUT2D eigenvalue weighted by atomic mass is 16.5. The summed E-state index contributed by atoms with van der Waals surface area (Å²) < 4.78 is 10.9. The number of ether oxygens (including phenoxy) is 2. The Labute approximate surface area is 126 Å². The average Bonchev–Trinajstić information content (AvgIpc) is 2.47. The van der Waals surface area contributed by atoms with Gasteiger partial charge in [-0.1, -0.05) is 25.1 Å². The van der Waals surface area contributed by atoms with Crippen molar-refractivity contribution >= 4 is 0 Å². The van der Waals surface area contributed by atoms with E-state index in [1.165, 1.54) is 5.56 Å². The van der Waals surface area contributed by atoms with Gasteiger partial charge in [0.15, 0.2) is 0 Å². The van der Waals surface area contributed by atoms with Crippen molar-refractivity contribution in [3.8, 4) is 11.6 Å². The van der Waals surface area contributed by atoms with Crippen LogP contribution in [0.4, 0.5) is 0 Å². The normalized spacial score (nSPS) is 10.6. The van der Waals surface area contributed by atoms with Gasteiger partial charge in [0.2, 0.25) is 5.88 Å². The minimum Gasteiger partial charge on any atom is -0.439 e. The number of pyridine rings is 1. The van der Waals surface area contributed by atoms with Gasteiger partial charge < -0.3 is 14.8 Å². The number of hydrogen-bond acceptors (Lipinski definition) is 4. The Bertz CT molecular complexity index is 585. The number of nitrogens with one attached hydrogen (secondary N) is 1. The van der Waals surface area contributed by atoms with Crippen molar-refractivity contribution < 1.29 is 9.47 Å². The van der Waals surface area contributed by atoms with Crippen LogP contribution in [-0.4, -0.2) is 18.6 Å². The van der Waals surface area contributed by atoms with E-state index in [9.17, 15) is 0 Å². The molecule has 1 N–H and O–H groups in total. The molecule has 1 aromatic heterocycles. The van der Waals surface area contributed by atoms with Gasteiger partial charge in [0.05, 0.1) is 6.61 Å². The molecule has 0 spiro atoms. The average molecular weight is 286 g/mol. The Morgan fingerprint density at radius 3 is 2.76 bits per heavy atom. The standard InChI is InChI=1S/C17H22N2O2/c1-4-18-11-15-8-9-17(19-13(15)2)21-16-7-5-6-14(10-16)12-20-3/h5-10,18H,4,11-12H2,1-3H3. The zero-order valence-electron chi connectivity index (χ0n) is 12.8. The van der Waals surface area contributed by atoms with Gasteiger partial charge in [-0.05, 0) is 36.7 Å². The molecule has 0 radical (unpaired) electrons. The number of nitrogens with zero attached hydrogens (tertiary/aromatic N) is 1. The quantitative estimate of drug-likeness (QED) is 0.846. The molecular formula is C17H22N2O2. The summed E-state index contributed by atoms with van der Waals surface area (Å²) in [5.74, 6) is 1.39. The van der Waals surface area contributed by atoms with Gasteiger partial charge in [0, 0.05) is 25.4 Å². The summed E-state index contributed by atoms with van der Waals surface area (Å²) in [6.07, 6.45) is 0. The third kappa shape index (κ3) is 4.55. The predicted molar refractivity (Wildman–Crippen MR) is 83.6 cm³/mol. The maximum Gasteiger partial charge on any atom is 0.219 e. The van der Waals surface area contributed by atoms with Gasteiger partial charge in [0.25, 0.3) is 0 Å². The lowest BCUT2D eigenvalue weighted by Gasteiger charge is -2.10. The highest BCUT2D eigenvalue weighted by Crippen LogP contribution is 2.22. The van der Waals surface area contributed by atoms with Crippen LogP contribution in [0.25, 0.3) is 0 Å². The van der Waals surface area contributed by atoms with Crippen molar-refractivity contribution in [1.29, 1.82) is 0 Å². The Balaban J connectivity index is 2.09. The Morgan fingerprint density at radius 1 is 1.19 bits per heavy atom. The van der Waals surface area contributed by atoms with E-state index in [-0.39, 0.29) is 0 Å². The largest absolute Gasteiger partial charge is 0.439 e. The summed E-state index contributed by atoms with van der Waals surface area (Å²) in [5, 5.41) is 3.30. The first-order chi connectivity index (χ1) is 10.2. The van der Waals surface area contributed by atoms with Crippen LogP contribution in [0.1, 0.15) is 23.7 Å². The molecule has 2 rings (SSSR count). The number of hydrogen-bond donors (Lipinski definition) is 1. The molecule has 0 amide bonds. The number of benzene rings is 1. The van der Waals surface area contributed by atoms with Crippen molar-refractivity contribution in [3.05, 3.63) is 53.2 Å². The summed E-state index contributed by atoms with van der Waals surface area (Å²) >= 11 is 0. The predicted octanol–water partition coefficient (Wildman–Crippen LogP) is 3.44. The maximum absolute atomic E-state index is 5.82. The number of methoxy groups -OCH3 is 1. The van der Waals surface area contributed by atoms with Crippen molar-refractivity contribution in [2.75, 3.05) is 13.7 Å². The first-order valence-electron chi connectivity index (χ1n) is 7.16. The molecule has 112 valence electrons. The van der Waals surface area contributed by atoms with E-state index in [4.69, 9.17) is 9.47 Å². The van der Waals surface area contributed by atoms with E-state index >= 15 is 0 Å². The topological polar surface area (TPSA) is 43.4 Å². The minimum absolute atomic E-state index is 0.575. The molecule has 0 bridgehead atoms.